The Morgan fingerprint density at radius 3 is 1.85 bits per heavy atom. The van der Waals surface area contributed by atoms with E-state index in [0.717, 1.165) is 27.6 Å². The Bertz CT molecular complexity index is 1460. The minimum atomic E-state index is -0.953. The molecule has 198 valence electrons. The quantitative estimate of drug-likeness (QED) is 0.300. The van der Waals surface area contributed by atoms with Gasteiger partial charge in [-0.25, -0.2) is 4.79 Å². The fraction of sp³-hybridized carbons (Fsp3) is 0.242. The third kappa shape index (κ3) is 4.84. The summed E-state index contributed by atoms with van der Waals surface area (Å²) in [5.41, 5.74) is 1.39. The van der Waals surface area contributed by atoms with Crippen molar-refractivity contribution in [1.82, 2.24) is 0 Å². The number of fused-ring (bicyclic) bond motifs is 3. The Hall–Kier alpha value is -4.29. The molecular weight excluding hydrogens is 492 g/mol. The van der Waals surface area contributed by atoms with Gasteiger partial charge in [-0.3, -0.25) is 0 Å². The number of hydrogen-bond donors (Lipinski definition) is 0. The normalized spacial score (nSPS) is 19.5. The maximum atomic E-state index is 13.6. The van der Waals surface area contributed by atoms with Crippen molar-refractivity contribution in [3.63, 3.8) is 0 Å². The van der Waals surface area contributed by atoms with Crippen LogP contribution in [0.3, 0.4) is 0 Å². The summed E-state index contributed by atoms with van der Waals surface area (Å²) in [4.78, 5) is 13.6. The maximum Gasteiger partial charge on any atom is 0.338 e. The van der Waals surface area contributed by atoms with Gasteiger partial charge >= 0.3 is 5.97 Å². The molecule has 0 saturated heterocycles. The number of rotatable bonds is 2. The second-order valence-electron chi connectivity index (χ2n) is 9.67. The van der Waals surface area contributed by atoms with Crippen LogP contribution in [0, 0.1) is 5.92 Å². The molecule has 4 aromatic carbocycles. The van der Waals surface area contributed by atoms with Gasteiger partial charge in [0.05, 0.1) is 24.7 Å². The summed E-state index contributed by atoms with van der Waals surface area (Å²) in [5.74, 6) is 1.11. The molecule has 6 nitrogen and oxygen atoms in total. The zero-order valence-corrected chi connectivity index (χ0v) is 21.8. The highest BCUT2D eigenvalue weighted by molar-refractivity contribution is 5.91. The Labute approximate surface area is 227 Å². The molecule has 1 unspecified atom stereocenters. The van der Waals surface area contributed by atoms with Crippen molar-refractivity contribution in [3.8, 4) is 11.5 Å². The zero-order chi connectivity index (χ0) is 26.7. The standard InChI is InChI=1S/C33H30O6/c1-23-31-30(33(39-23,26-8-4-2-5-9-26)27-10-6-3-7-11-27)22-35-16-17-36-28-14-12-24-13-15-29(21-25(24)20-28)37-18-19-38-32(31)34/h2-15,20-21,30H,16-19,22H2,1H3. The summed E-state index contributed by atoms with van der Waals surface area (Å²) >= 11 is 0. The highest BCUT2D eigenvalue weighted by Crippen LogP contribution is 2.51. The Morgan fingerprint density at radius 1 is 0.667 bits per heavy atom. The minimum Gasteiger partial charge on any atom is -0.491 e. The predicted octanol–water partition coefficient (Wildman–Crippen LogP) is 6.04. The van der Waals surface area contributed by atoms with E-state index < -0.39 is 17.5 Å². The topological polar surface area (TPSA) is 63.2 Å². The first kappa shape index (κ1) is 25.0. The molecule has 6 heteroatoms. The molecule has 0 aromatic heterocycles. The van der Waals surface area contributed by atoms with Crippen LogP contribution in [0.4, 0.5) is 0 Å². The molecule has 6 rings (SSSR count). The lowest BCUT2D eigenvalue weighted by Gasteiger charge is -2.36. The van der Waals surface area contributed by atoms with E-state index in [1.165, 1.54) is 0 Å². The first-order valence-electron chi connectivity index (χ1n) is 13.2. The summed E-state index contributed by atoms with van der Waals surface area (Å²) in [6.07, 6.45) is 0. The lowest BCUT2D eigenvalue weighted by molar-refractivity contribution is -0.141. The van der Waals surface area contributed by atoms with Crippen LogP contribution in [0.25, 0.3) is 10.8 Å². The molecule has 2 aliphatic heterocycles. The van der Waals surface area contributed by atoms with Crippen molar-refractivity contribution in [3.05, 3.63) is 120 Å². The van der Waals surface area contributed by atoms with Crippen molar-refractivity contribution >= 4 is 16.7 Å². The van der Waals surface area contributed by atoms with E-state index in [0.29, 0.717) is 30.3 Å². The lowest BCUT2D eigenvalue weighted by Crippen LogP contribution is -2.39. The average Bonchev–Trinajstić information content (AvgIpc) is 3.28. The first-order valence-corrected chi connectivity index (χ1v) is 13.2. The van der Waals surface area contributed by atoms with Gasteiger partial charge in [0.2, 0.25) is 0 Å². The smallest absolute Gasteiger partial charge is 0.338 e. The molecule has 0 radical (unpaired) electrons. The predicted molar refractivity (Wildman–Crippen MR) is 148 cm³/mol. The molecule has 0 fully saturated rings. The van der Waals surface area contributed by atoms with Gasteiger partial charge < -0.3 is 23.7 Å². The highest BCUT2D eigenvalue weighted by Gasteiger charge is 2.54. The van der Waals surface area contributed by atoms with Crippen LogP contribution in [-0.4, -0.2) is 39.0 Å². The number of esters is 1. The van der Waals surface area contributed by atoms with Crippen LogP contribution in [-0.2, 0) is 24.6 Å². The summed E-state index contributed by atoms with van der Waals surface area (Å²) in [5, 5.41) is 2.10. The molecule has 2 aliphatic rings. The molecule has 3 bridgehead atoms. The van der Waals surface area contributed by atoms with E-state index >= 15 is 0 Å². The van der Waals surface area contributed by atoms with Gasteiger partial charge in [0.15, 0.2) is 5.60 Å². The molecule has 0 amide bonds. The molecule has 0 aliphatic carbocycles. The van der Waals surface area contributed by atoms with Crippen LogP contribution >= 0.6 is 0 Å². The van der Waals surface area contributed by atoms with Gasteiger partial charge in [0, 0.05) is 11.1 Å². The molecule has 39 heavy (non-hydrogen) atoms. The zero-order valence-electron chi connectivity index (χ0n) is 21.8. The van der Waals surface area contributed by atoms with Crippen LogP contribution in [0.5, 0.6) is 11.5 Å². The molecule has 4 aromatic rings. The third-order valence-corrected chi connectivity index (χ3v) is 7.31. The van der Waals surface area contributed by atoms with Crippen LogP contribution < -0.4 is 9.47 Å². The highest BCUT2D eigenvalue weighted by atomic mass is 16.6. The molecule has 1 atom stereocenters. The van der Waals surface area contributed by atoms with Crippen molar-refractivity contribution in [2.45, 2.75) is 12.5 Å². The molecule has 0 N–H and O–H groups in total. The first-order chi connectivity index (χ1) is 19.1. The summed E-state index contributed by atoms with van der Waals surface area (Å²) in [6, 6.07) is 31.8. The largest absolute Gasteiger partial charge is 0.491 e. The second kappa shape index (κ2) is 10.8. The number of benzene rings is 4. The van der Waals surface area contributed by atoms with Crippen LogP contribution in [0.1, 0.15) is 18.1 Å². The molecule has 2 heterocycles. The average molecular weight is 523 g/mol. The van der Waals surface area contributed by atoms with Gasteiger partial charge in [-0.1, -0.05) is 72.8 Å². The number of cyclic esters (lactones) is 1. The third-order valence-electron chi connectivity index (χ3n) is 7.31. The van der Waals surface area contributed by atoms with E-state index in [9.17, 15) is 4.79 Å². The number of carbonyl (C=O) groups is 1. The Balaban J connectivity index is 1.35. The fourth-order valence-electron chi connectivity index (χ4n) is 5.54. The van der Waals surface area contributed by atoms with Crippen molar-refractivity contribution in [2.24, 2.45) is 5.92 Å². The maximum absolute atomic E-state index is 13.6. The number of allylic oxidation sites excluding steroid dienone is 1. The van der Waals surface area contributed by atoms with Gasteiger partial charge in [-0.15, -0.1) is 0 Å². The van der Waals surface area contributed by atoms with Gasteiger partial charge in [0.25, 0.3) is 0 Å². The van der Waals surface area contributed by atoms with E-state index in [4.69, 9.17) is 23.7 Å². The summed E-state index contributed by atoms with van der Waals surface area (Å²) in [6.45, 7) is 3.10. The van der Waals surface area contributed by atoms with Crippen LogP contribution in [0.15, 0.2) is 108 Å². The van der Waals surface area contributed by atoms with Gasteiger partial charge in [-0.2, -0.15) is 0 Å². The SMILES string of the molecule is CC1=C2C(=O)OCCOc3ccc4ccc(cc4c3)OCCOCC2C(c2ccccc2)(c2ccccc2)O1. The van der Waals surface area contributed by atoms with Crippen molar-refractivity contribution in [1.29, 1.82) is 0 Å². The Morgan fingerprint density at radius 2 is 1.23 bits per heavy atom. The number of hydrogen-bond acceptors (Lipinski definition) is 6. The van der Waals surface area contributed by atoms with Gasteiger partial charge in [0.1, 0.15) is 37.1 Å². The van der Waals surface area contributed by atoms with Crippen LogP contribution in [0.2, 0.25) is 0 Å². The molecule has 0 spiro atoms. The van der Waals surface area contributed by atoms with E-state index in [1.54, 1.807) is 0 Å². The number of carbonyl (C=O) groups excluding carboxylic acids is 1. The fourth-order valence-corrected chi connectivity index (χ4v) is 5.54. The Kier molecular flexibility index (Phi) is 6.95. The minimum absolute atomic E-state index is 0.105. The number of ether oxygens (including phenoxy) is 5. The van der Waals surface area contributed by atoms with Crippen molar-refractivity contribution < 1.29 is 28.5 Å². The van der Waals surface area contributed by atoms with E-state index in [1.807, 2.05) is 104 Å². The second-order valence-corrected chi connectivity index (χ2v) is 9.67. The van der Waals surface area contributed by atoms with E-state index in [-0.39, 0.29) is 19.8 Å². The molecule has 0 saturated carbocycles. The van der Waals surface area contributed by atoms with Crippen molar-refractivity contribution in [2.75, 3.05) is 33.0 Å². The summed E-state index contributed by atoms with van der Waals surface area (Å²) in [7, 11) is 0. The molecular formula is C33H30O6. The monoisotopic (exact) mass is 522 g/mol. The van der Waals surface area contributed by atoms with Gasteiger partial charge in [-0.05, 0) is 42.0 Å². The lowest BCUT2D eigenvalue weighted by atomic mass is 9.74. The van der Waals surface area contributed by atoms with E-state index in [2.05, 4.69) is 0 Å². The summed E-state index contributed by atoms with van der Waals surface area (Å²) < 4.78 is 30.5.